The Morgan fingerprint density at radius 2 is 1.43 bits per heavy atom. The zero-order valence-corrected chi connectivity index (χ0v) is 27.2. The second kappa shape index (κ2) is 16.8. The smallest absolute Gasteiger partial charge is 0.303 e. The molecule has 1 aliphatic rings. The van der Waals surface area contributed by atoms with E-state index in [2.05, 4.69) is 6.92 Å². The molecule has 1 aromatic carbocycles. The van der Waals surface area contributed by atoms with Crippen LogP contribution in [0.1, 0.15) is 73.1 Å². The number of nitrogen functional groups attached to an aromatic ring is 1. The number of hydrogen-bond acceptors (Lipinski definition) is 13. The first-order valence-electron chi connectivity index (χ1n) is 15.4. The fourth-order valence-electron chi connectivity index (χ4n) is 5.20. The Balaban J connectivity index is 2.12. The maximum atomic E-state index is 13.7. The van der Waals surface area contributed by atoms with E-state index in [1.807, 2.05) is 0 Å². The Morgan fingerprint density at radius 1 is 0.826 bits per heavy atom. The van der Waals surface area contributed by atoms with E-state index in [1.165, 1.54) is 11.5 Å². The highest BCUT2D eigenvalue weighted by molar-refractivity contribution is 5.90. The molecule has 0 spiro atoms. The number of ether oxygens (including phenoxy) is 7. The summed E-state index contributed by atoms with van der Waals surface area (Å²) in [7, 11) is 1.57. The SMILES string of the molecule is CCCCCCCCOc1c(O[C@@H]2O[C@H](COC(C)=O)[C@@H](OC(C)=O)[C@H](OC(C)=O)[C@H]2OC(C)=O)c2ccc(N)cc2n(C)c1=O. The largest absolute Gasteiger partial charge is 0.485 e. The van der Waals surface area contributed by atoms with Gasteiger partial charge in [0, 0.05) is 45.8 Å². The van der Waals surface area contributed by atoms with Crippen LogP contribution < -0.4 is 20.8 Å². The van der Waals surface area contributed by atoms with Crippen molar-refractivity contribution in [2.45, 2.75) is 104 Å². The predicted molar refractivity (Wildman–Crippen MR) is 165 cm³/mol. The van der Waals surface area contributed by atoms with Crippen LogP contribution in [0.15, 0.2) is 23.0 Å². The summed E-state index contributed by atoms with van der Waals surface area (Å²) in [5, 5.41) is 0.419. The molecule has 14 nitrogen and oxygen atoms in total. The molecule has 0 saturated carbocycles. The average molecular weight is 649 g/mol. The van der Waals surface area contributed by atoms with E-state index in [0.717, 1.165) is 52.9 Å². The molecule has 5 atom stereocenters. The number of fused-ring (bicyclic) bond motifs is 1. The lowest BCUT2D eigenvalue weighted by atomic mass is 9.98. The van der Waals surface area contributed by atoms with Crippen molar-refractivity contribution in [2.75, 3.05) is 18.9 Å². The molecule has 2 heterocycles. The van der Waals surface area contributed by atoms with Gasteiger partial charge in [0.05, 0.1) is 12.1 Å². The summed E-state index contributed by atoms with van der Waals surface area (Å²) >= 11 is 0. The van der Waals surface area contributed by atoms with Gasteiger partial charge in [-0.25, -0.2) is 0 Å². The lowest BCUT2D eigenvalue weighted by Gasteiger charge is -2.44. The van der Waals surface area contributed by atoms with E-state index >= 15 is 0 Å². The van der Waals surface area contributed by atoms with Crippen molar-refractivity contribution in [1.82, 2.24) is 4.57 Å². The molecule has 0 amide bonds. The maximum Gasteiger partial charge on any atom is 0.303 e. The standard InChI is InChI=1S/C32H44N2O12/c1-7-8-9-10-11-12-15-40-29-26(23-14-13-22(33)16-24(23)34(6)31(29)39)46-32-30(44-21(5)38)28(43-20(4)37)27(42-19(3)36)25(45-32)17-41-18(2)35/h13-14,16,25,27-28,30,32H,7-12,15,17,33H2,1-6H3/t25-,27-,28+,30-,32+/m1/s1. The second-order valence-corrected chi connectivity index (χ2v) is 11.1. The number of aromatic nitrogens is 1. The summed E-state index contributed by atoms with van der Waals surface area (Å²) in [5.74, 6) is -3.16. The highest BCUT2D eigenvalue weighted by Gasteiger charge is 2.53. The summed E-state index contributed by atoms with van der Waals surface area (Å²) in [4.78, 5) is 62.0. The fourth-order valence-corrected chi connectivity index (χ4v) is 5.20. The van der Waals surface area contributed by atoms with Crippen molar-refractivity contribution in [2.24, 2.45) is 7.05 Å². The van der Waals surface area contributed by atoms with Gasteiger partial charge in [-0.3, -0.25) is 24.0 Å². The van der Waals surface area contributed by atoms with Gasteiger partial charge in [-0.05, 0) is 24.6 Å². The molecule has 1 saturated heterocycles. The number of anilines is 1. The van der Waals surface area contributed by atoms with Crippen LogP contribution >= 0.6 is 0 Å². The maximum absolute atomic E-state index is 13.7. The minimum absolute atomic E-state index is 0.0371. The minimum Gasteiger partial charge on any atom is -0.485 e. The first-order valence-corrected chi connectivity index (χ1v) is 15.4. The number of rotatable bonds is 15. The molecule has 46 heavy (non-hydrogen) atoms. The predicted octanol–water partition coefficient (Wildman–Crippen LogP) is 3.32. The first kappa shape index (κ1) is 36.1. The van der Waals surface area contributed by atoms with Crippen LogP contribution in [0.4, 0.5) is 5.69 Å². The van der Waals surface area contributed by atoms with E-state index in [9.17, 15) is 24.0 Å². The minimum atomic E-state index is -1.56. The van der Waals surface area contributed by atoms with Gasteiger partial charge in [0.2, 0.25) is 18.1 Å². The first-order chi connectivity index (χ1) is 21.8. The van der Waals surface area contributed by atoms with Crippen LogP contribution in [0.3, 0.4) is 0 Å². The van der Waals surface area contributed by atoms with E-state index in [-0.39, 0.29) is 18.1 Å². The summed E-state index contributed by atoms with van der Waals surface area (Å²) in [6.45, 7) is 6.47. The number of hydrogen-bond donors (Lipinski definition) is 1. The number of benzene rings is 1. The van der Waals surface area contributed by atoms with Gasteiger partial charge in [-0.1, -0.05) is 39.0 Å². The van der Waals surface area contributed by atoms with Crippen molar-refractivity contribution in [3.05, 3.63) is 28.6 Å². The zero-order valence-electron chi connectivity index (χ0n) is 27.2. The number of nitrogens with two attached hydrogens (primary N) is 1. The number of nitrogens with zero attached hydrogens (tertiary/aromatic N) is 1. The van der Waals surface area contributed by atoms with Crippen LogP contribution in [0.25, 0.3) is 10.9 Å². The highest BCUT2D eigenvalue weighted by atomic mass is 16.7. The van der Waals surface area contributed by atoms with Gasteiger partial charge in [0.15, 0.2) is 18.0 Å². The molecular formula is C32H44N2O12. The molecule has 0 aliphatic carbocycles. The van der Waals surface area contributed by atoms with Gasteiger partial charge in [0.25, 0.3) is 5.56 Å². The van der Waals surface area contributed by atoms with Gasteiger partial charge >= 0.3 is 23.9 Å². The van der Waals surface area contributed by atoms with Crippen LogP contribution in [-0.2, 0) is 49.9 Å². The molecule has 0 bridgehead atoms. The molecule has 0 radical (unpaired) electrons. The molecule has 0 unspecified atom stereocenters. The molecule has 1 aliphatic heterocycles. The normalized spacial score (nSPS) is 20.9. The number of pyridine rings is 1. The van der Waals surface area contributed by atoms with Crippen LogP contribution in [0.5, 0.6) is 11.5 Å². The van der Waals surface area contributed by atoms with E-state index in [1.54, 1.807) is 25.2 Å². The molecule has 254 valence electrons. The number of esters is 4. The Bertz CT molecular complexity index is 1450. The Kier molecular flexibility index (Phi) is 13.2. The Hall–Kier alpha value is -4.33. The van der Waals surface area contributed by atoms with E-state index in [0.29, 0.717) is 23.0 Å². The van der Waals surface area contributed by atoms with Crippen molar-refractivity contribution >= 4 is 40.5 Å². The van der Waals surface area contributed by atoms with E-state index < -0.39 is 66.7 Å². The Labute approximate surface area is 267 Å². The van der Waals surface area contributed by atoms with Gasteiger partial charge in [-0.2, -0.15) is 0 Å². The van der Waals surface area contributed by atoms with Crippen molar-refractivity contribution < 1.29 is 52.3 Å². The van der Waals surface area contributed by atoms with Crippen molar-refractivity contribution in [3.63, 3.8) is 0 Å². The Morgan fingerprint density at radius 3 is 2.07 bits per heavy atom. The summed E-state index contributed by atoms with van der Waals surface area (Å²) in [6.07, 6.45) is -1.15. The number of aryl methyl sites for hydroxylation is 1. The van der Waals surface area contributed by atoms with Gasteiger partial charge < -0.3 is 43.5 Å². The molecule has 2 N–H and O–H groups in total. The lowest BCUT2D eigenvalue weighted by Crippen LogP contribution is -2.63. The summed E-state index contributed by atoms with van der Waals surface area (Å²) in [5.41, 5.74) is 6.32. The number of carbonyl (C=O) groups excluding carboxylic acids is 4. The van der Waals surface area contributed by atoms with Gasteiger partial charge in [0.1, 0.15) is 12.7 Å². The third-order valence-corrected chi connectivity index (χ3v) is 7.26. The molecule has 14 heteroatoms. The van der Waals surface area contributed by atoms with Crippen molar-refractivity contribution in [1.29, 1.82) is 0 Å². The number of unbranched alkanes of at least 4 members (excludes halogenated alkanes) is 5. The summed E-state index contributed by atoms with van der Waals surface area (Å²) in [6, 6.07) is 4.85. The third kappa shape index (κ3) is 9.59. The monoisotopic (exact) mass is 648 g/mol. The molecule has 2 aromatic rings. The fraction of sp³-hybridized carbons (Fsp3) is 0.594. The molecule has 3 rings (SSSR count). The second-order valence-electron chi connectivity index (χ2n) is 11.1. The average Bonchev–Trinajstić information content (AvgIpc) is 2.97. The topological polar surface area (TPSA) is 181 Å². The van der Waals surface area contributed by atoms with Gasteiger partial charge in [-0.15, -0.1) is 0 Å². The van der Waals surface area contributed by atoms with Crippen LogP contribution in [0.2, 0.25) is 0 Å². The molecule has 1 aromatic heterocycles. The van der Waals surface area contributed by atoms with Crippen molar-refractivity contribution in [3.8, 4) is 11.5 Å². The third-order valence-electron chi connectivity index (χ3n) is 7.26. The van der Waals surface area contributed by atoms with Crippen LogP contribution in [0, 0.1) is 0 Å². The number of carbonyl (C=O) groups is 4. The molecule has 1 fully saturated rings. The molecular weight excluding hydrogens is 604 g/mol. The quantitative estimate of drug-likeness (QED) is 0.129. The summed E-state index contributed by atoms with van der Waals surface area (Å²) < 4.78 is 41.5. The lowest BCUT2D eigenvalue weighted by molar-refractivity contribution is -0.288. The van der Waals surface area contributed by atoms with Crippen LogP contribution in [-0.4, -0.2) is 72.4 Å². The highest BCUT2D eigenvalue weighted by Crippen LogP contribution is 2.38. The van der Waals surface area contributed by atoms with E-state index in [4.69, 9.17) is 38.9 Å². The zero-order chi connectivity index (χ0) is 34.0.